The Labute approximate surface area is 436 Å². The molecule has 71 heavy (non-hydrogen) atoms. The summed E-state index contributed by atoms with van der Waals surface area (Å²) in [7, 11) is 1.19. The third-order valence-electron chi connectivity index (χ3n) is 11.6. The van der Waals surface area contributed by atoms with Crippen LogP contribution in [0.25, 0.3) is 0 Å². The predicted octanol–water partition coefficient (Wildman–Crippen LogP) is 16.5. The van der Waals surface area contributed by atoms with Gasteiger partial charge in [-0.2, -0.15) is 0 Å². The Bertz CT molecular complexity index is 1610. The van der Waals surface area contributed by atoms with Crippen molar-refractivity contribution in [3.05, 3.63) is 134 Å². The lowest BCUT2D eigenvalue weighted by atomic mass is 10.0. The van der Waals surface area contributed by atoms with E-state index in [0.29, 0.717) is 17.4 Å². The van der Waals surface area contributed by atoms with Gasteiger partial charge in [-0.1, -0.05) is 231 Å². The smallest absolute Gasteiger partial charge is 0.268 e. The van der Waals surface area contributed by atoms with Gasteiger partial charge in [0.15, 0.2) is 0 Å². The van der Waals surface area contributed by atoms with E-state index in [0.717, 1.165) is 83.5 Å². The van der Waals surface area contributed by atoms with Crippen molar-refractivity contribution < 1.29 is 32.9 Å². The van der Waals surface area contributed by atoms with E-state index in [1.165, 1.54) is 89.9 Å². The first-order chi connectivity index (χ1) is 34.5. The number of carbonyl (C=O) groups excluding carboxylic acids is 1. The summed E-state index contributed by atoms with van der Waals surface area (Å²) >= 11 is 0. The number of aliphatic hydroxyl groups excluding tert-OH is 1. The second kappa shape index (κ2) is 51.5. The van der Waals surface area contributed by atoms with Gasteiger partial charge in [-0.25, -0.2) is 0 Å². The molecule has 404 valence electrons. The van der Waals surface area contributed by atoms with Gasteiger partial charge >= 0.3 is 0 Å². The number of phosphoric ester groups is 1. The van der Waals surface area contributed by atoms with Gasteiger partial charge in [0.1, 0.15) is 13.2 Å². The fourth-order valence-corrected chi connectivity index (χ4v) is 7.95. The SMILES string of the molecule is CC/C=C\C/C=C\C/C=C\C/C=C\C/C=C\C/C=C\C/C=C\C/C=C\C/C=C\CCCC(=O)NC(COP(=O)([O-])OCC[N+](C)(C)C)C(O)/C=C/CC/C=C/CCCCCCCCCCCCCCCC. The molecule has 0 aliphatic rings. The maximum absolute atomic E-state index is 12.9. The molecular weight excluding hydrogens is 900 g/mol. The standard InChI is InChI=1S/C62H105N2O6P/c1-6-8-10-12-14-16-18-20-22-24-26-28-29-30-31-32-33-34-35-36-38-40-42-44-46-48-50-52-54-56-62(66)63-60(59-70-71(67,68)69-58-57-64(3,4)5)61(65)55-53-51-49-47-45-43-41-39-37-27-25-23-21-19-17-15-13-11-9-7-2/h8,10,14,16,20,22,26,28,30-31,33-34,36,38,42,44-45,47-48,50,53,55,60-61,65H,6-7,9,11-13,15,17-19,21,23-25,27,29,32,35,37,39-41,43,46,49,51-52,54,56-59H2,1-5H3,(H-,63,66,67,68)/b10-8-,16-14-,22-20-,28-26-,31-30-,34-33-,38-36-,44-42-,47-45+,50-48-,55-53+. The molecule has 0 aromatic heterocycles. The van der Waals surface area contributed by atoms with Crippen LogP contribution in [-0.2, 0) is 18.4 Å². The first kappa shape index (κ1) is 67.6. The predicted molar refractivity (Wildman–Crippen MR) is 306 cm³/mol. The number of phosphoric acid groups is 1. The number of carbonyl (C=O) groups is 1. The average molecular weight is 1010 g/mol. The van der Waals surface area contributed by atoms with Crippen molar-refractivity contribution >= 4 is 13.7 Å². The number of rotatable bonds is 49. The zero-order valence-corrected chi connectivity index (χ0v) is 46.8. The maximum atomic E-state index is 12.9. The molecule has 0 fully saturated rings. The zero-order valence-electron chi connectivity index (χ0n) is 45.9. The summed E-state index contributed by atoms with van der Waals surface area (Å²) in [5.41, 5.74) is 0. The van der Waals surface area contributed by atoms with Crippen molar-refractivity contribution in [1.82, 2.24) is 5.32 Å². The summed E-state index contributed by atoms with van der Waals surface area (Å²) in [6.45, 7) is 4.46. The van der Waals surface area contributed by atoms with Crippen LogP contribution >= 0.6 is 7.82 Å². The van der Waals surface area contributed by atoms with Crippen molar-refractivity contribution in [2.75, 3.05) is 40.9 Å². The Morgan fingerprint density at radius 1 is 0.507 bits per heavy atom. The number of allylic oxidation sites excluding steroid dienone is 21. The van der Waals surface area contributed by atoms with E-state index in [4.69, 9.17) is 9.05 Å². The number of quaternary nitrogens is 1. The van der Waals surface area contributed by atoms with Gasteiger partial charge in [-0.3, -0.25) is 9.36 Å². The first-order valence-electron chi connectivity index (χ1n) is 28.0. The minimum absolute atomic E-state index is 0.0250. The fraction of sp³-hybridized carbons (Fsp3) is 0.629. The minimum atomic E-state index is -4.63. The summed E-state index contributed by atoms with van der Waals surface area (Å²) in [6, 6.07) is -0.945. The van der Waals surface area contributed by atoms with Crippen LogP contribution in [0.2, 0.25) is 0 Å². The molecule has 3 atom stereocenters. The molecule has 0 rings (SSSR count). The Balaban J connectivity index is 4.44. The van der Waals surface area contributed by atoms with Crippen molar-refractivity contribution in [2.24, 2.45) is 0 Å². The second-order valence-corrected chi connectivity index (χ2v) is 21.0. The number of nitrogens with one attached hydrogen (secondary N) is 1. The normalized spacial score (nSPS) is 15.0. The van der Waals surface area contributed by atoms with Gasteiger partial charge in [0.2, 0.25) is 5.91 Å². The summed E-state index contributed by atoms with van der Waals surface area (Å²) in [6.07, 6.45) is 78.2. The number of hydrogen-bond donors (Lipinski definition) is 2. The van der Waals surface area contributed by atoms with Gasteiger partial charge in [0, 0.05) is 6.42 Å². The minimum Gasteiger partial charge on any atom is -0.756 e. The quantitative estimate of drug-likeness (QED) is 0.0272. The van der Waals surface area contributed by atoms with Crippen LogP contribution in [0.15, 0.2) is 134 Å². The average Bonchev–Trinajstić information content (AvgIpc) is 3.33. The number of nitrogens with zero attached hydrogens (tertiary/aromatic N) is 1. The summed E-state index contributed by atoms with van der Waals surface area (Å²) < 4.78 is 23.3. The summed E-state index contributed by atoms with van der Waals surface area (Å²) in [5.74, 6) is -0.270. The van der Waals surface area contributed by atoms with E-state index < -0.39 is 26.6 Å². The van der Waals surface area contributed by atoms with E-state index in [-0.39, 0.29) is 18.9 Å². The molecule has 1 amide bonds. The molecule has 9 heteroatoms. The Hall–Kier alpha value is -3.36. The van der Waals surface area contributed by atoms with Crippen molar-refractivity contribution in [2.45, 2.75) is 212 Å². The summed E-state index contributed by atoms with van der Waals surface area (Å²) in [4.78, 5) is 25.4. The highest BCUT2D eigenvalue weighted by Crippen LogP contribution is 2.38. The monoisotopic (exact) mass is 1000 g/mol. The van der Waals surface area contributed by atoms with E-state index in [2.05, 4.69) is 141 Å². The van der Waals surface area contributed by atoms with Gasteiger partial charge in [0.05, 0.1) is 39.9 Å². The van der Waals surface area contributed by atoms with E-state index in [9.17, 15) is 19.4 Å². The molecule has 3 unspecified atom stereocenters. The van der Waals surface area contributed by atoms with Crippen LogP contribution in [0.4, 0.5) is 0 Å². The second-order valence-electron chi connectivity index (χ2n) is 19.5. The highest BCUT2D eigenvalue weighted by molar-refractivity contribution is 7.45. The molecule has 2 N–H and O–H groups in total. The first-order valence-corrected chi connectivity index (χ1v) is 29.5. The summed E-state index contributed by atoms with van der Waals surface area (Å²) in [5, 5.41) is 13.8. The number of aliphatic hydroxyl groups is 1. The lowest BCUT2D eigenvalue weighted by Crippen LogP contribution is -2.45. The number of likely N-dealkylation sites (N-methyl/N-ethyl adjacent to an activating group) is 1. The lowest BCUT2D eigenvalue weighted by molar-refractivity contribution is -0.870. The molecule has 0 aliphatic carbocycles. The lowest BCUT2D eigenvalue weighted by Gasteiger charge is -2.29. The fourth-order valence-electron chi connectivity index (χ4n) is 7.23. The molecule has 0 heterocycles. The molecule has 0 aliphatic heterocycles. The molecule has 0 spiro atoms. The van der Waals surface area contributed by atoms with Crippen LogP contribution in [0, 0.1) is 0 Å². The molecule has 0 saturated heterocycles. The van der Waals surface area contributed by atoms with Crippen LogP contribution in [0.1, 0.15) is 200 Å². The molecule has 0 aromatic carbocycles. The molecule has 8 nitrogen and oxygen atoms in total. The van der Waals surface area contributed by atoms with E-state index >= 15 is 0 Å². The Morgan fingerprint density at radius 3 is 1.31 bits per heavy atom. The molecular formula is C62H105N2O6P. The van der Waals surface area contributed by atoms with Gasteiger partial charge in [-0.05, 0) is 96.3 Å². The van der Waals surface area contributed by atoms with E-state index in [1.807, 2.05) is 27.2 Å². The van der Waals surface area contributed by atoms with Crippen LogP contribution in [-0.4, -0.2) is 68.5 Å². The third kappa shape index (κ3) is 54.3. The highest BCUT2D eigenvalue weighted by Gasteiger charge is 2.23. The van der Waals surface area contributed by atoms with Gasteiger partial charge in [0.25, 0.3) is 7.82 Å². The third-order valence-corrected chi connectivity index (χ3v) is 12.6. The van der Waals surface area contributed by atoms with E-state index in [1.54, 1.807) is 6.08 Å². The van der Waals surface area contributed by atoms with Crippen molar-refractivity contribution in [3.8, 4) is 0 Å². The van der Waals surface area contributed by atoms with Crippen molar-refractivity contribution in [3.63, 3.8) is 0 Å². The number of unbranched alkanes of at least 4 members (excludes halogenated alkanes) is 16. The van der Waals surface area contributed by atoms with Crippen LogP contribution < -0.4 is 10.2 Å². The van der Waals surface area contributed by atoms with Crippen LogP contribution in [0.5, 0.6) is 0 Å². The topological polar surface area (TPSA) is 108 Å². The molecule has 0 saturated carbocycles. The van der Waals surface area contributed by atoms with Gasteiger partial charge < -0.3 is 28.8 Å². The maximum Gasteiger partial charge on any atom is 0.268 e. The molecule has 0 aromatic rings. The van der Waals surface area contributed by atoms with Gasteiger partial charge in [-0.15, -0.1) is 0 Å². The number of amides is 1. The van der Waals surface area contributed by atoms with Crippen LogP contribution in [0.3, 0.4) is 0 Å². The molecule has 0 radical (unpaired) electrons. The number of hydrogen-bond acceptors (Lipinski definition) is 6. The zero-order chi connectivity index (χ0) is 52.0. The Kier molecular flexibility index (Phi) is 49.1. The Morgan fingerprint density at radius 2 is 0.873 bits per heavy atom. The van der Waals surface area contributed by atoms with Crippen molar-refractivity contribution in [1.29, 1.82) is 0 Å². The molecule has 0 bridgehead atoms. The highest BCUT2D eigenvalue weighted by atomic mass is 31.2. The largest absolute Gasteiger partial charge is 0.756 e.